The molecule has 0 aliphatic carbocycles. The first kappa shape index (κ1) is 13.6. The molecule has 19 heavy (non-hydrogen) atoms. The van der Waals surface area contributed by atoms with E-state index in [1.807, 2.05) is 32.9 Å². The molecule has 0 aromatic heterocycles. The molecule has 1 aliphatic rings. The fourth-order valence-corrected chi connectivity index (χ4v) is 2.18. The molecule has 102 valence electrons. The summed E-state index contributed by atoms with van der Waals surface area (Å²) in [6.45, 7) is 6.74. The first-order valence-corrected chi connectivity index (χ1v) is 6.56. The molecule has 4 heteroatoms. The van der Waals surface area contributed by atoms with Crippen molar-refractivity contribution in [2.24, 2.45) is 5.41 Å². The molecule has 2 N–H and O–H groups in total. The van der Waals surface area contributed by atoms with E-state index >= 15 is 0 Å². The highest BCUT2D eigenvalue weighted by molar-refractivity contribution is 5.99. The summed E-state index contributed by atoms with van der Waals surface area (Å²) in [5.41, 5.74) is 2.35. The number of nitrogens with one attached hydrogen (secondary N) is 2. The van der Waals surface area contributed by atoms with Gasteiger partial charge in [-0.15, -0.1) is 0 Å². The number of carbonyl (C=O) groups excluding carboxylic acids is 2. The summed E-state index contributed by atoms with van der Waals surface area (Å²) in [5.74, 6) is -0.0863. The van der Waals surface area contributed by atoms with Crippen LogP contribution in [0.1, 0.15) is 43.1 Å². The second-order valence-electron chi connectivity index (χ2n) is 6.16. The topological polar surface area (TPSA) is 58.2 Å². The summed E-state index contributed by atoms with van der Waals surface area (Å²) in [7, 11) is 0. The van der Waals surface area contributed by atoms with Crippen LogP contribution < -0.4 is 10.6 Å². The third-order valence-electron chi connectivity index (χ3n) is 3.01. The second kappa shape index (κ2) is 5.03. The van der Waals surface area contributed by atoms with Crippen LogP contribution in [0.2, 0.25) is 0 Å². The molecule has 1 heterocycles. The lowest BCUT2D eigenvalue weighted by Gasteiger charge is -2.19. The smallest absolute Gasteiger partial charge is 0.251 e. The zero-order valence-corrected chi connectivity index (χ0v) is 11.7. The van der Waals surface area contributed by atoms with Crippen LogP contribution in [0.4, 0.5) is 5.69 Å². The van der Waals surface area contributed by atoms with Crippen molar-refractivity contribution >= 4 is 17.5 Å². The Labute approximate surface area is 113 Å². The lowest BCUT2D eigenvalue weighted by molar-refractivity contribution is -0.117. The molecule has 0 bridgehead atoms. The molecular formula is C15H20N2O2. The molecule has 2 amide bonds. The van der Waals surface area contributed by atoms with Gasteiger partial charge in [0.05, 0.1) is 0 Å². The van der Waals surface area contributed by atoms with Gasteiger partial charge in [-0.3, -0.25) is 9.59 Å². The molecule has 1 aliphatic heterocycles. The summed E-state index contributed by atoms with van der Waals surface area (Å²) in [6, 6.07) is 5.53. The van der Waals surface area contributed by atoms with Gasteiger partial charge in [-0.1, -0.05) is 26.8 Å². The Kier molecular flexibility index (Phi) is 3.60. The van der Waals surface area contributed by atoms with E-state index in [4.69, 9.17) is 0 Å². The van der Waals surface area contributed by atoms with Gasteiger partial charge in [-0.05, 0) is 29.5 Å². The molecule has 0 saturated heterocycles. The number of amides is 2. The maximum atomic E-state index is 11.9. The highest BCUT2D eigenvalue weighted by atomic mass is 16.2. The summed E-state index contributed by atoms with van der Waals surface area (Å²) in [6.07, 6.45) is 1.30. The number of rotatable bonds is 2. The van der Waals surface area contributed by atoms with Crippen LogP contribution in [0.15, 0.2) is 18.2 Å². The van der Waals surface area contributed by atoms with E-state index in [-0.39, 0.29) is 17.2 Å². The predicted octanol–water partition coefficient (Wildman–Crippen LogP) is 2.35. The van der Waals surface area contributed by atoms with Crippen molar-refractivity contribution in [2.75, 3.05) is 11.9 Å². The fourth-order valence-electron chi connectivity index (χ4n) is 2.18. The Morgan fingerprint density at radius 1 is 1.37 bits per heavy atom. The zero-order chi connectivity index (χ0) is 14.0. The summed E-state index contributed by atoms with van der Waals surface area (Å²) >= 11 is 0. The van der Waals surface area contributed by atoms with Crippen molar-refractivity contribution in [3.63, 3.8) is 0 Å². The Balaban J connectivity index is 2.12. The van der Waals surface area contributed by atoms with Gasteiger partial charge in [0.25, 0.3) is 5.91 Å². The van der Waals surface area contributed by atoms with Crippen molar-refractivity contribution in [3.8, 4) is 0 Å². The lowest BCUT2D eigenvalue weighted by atomic mass is 9.92. The van der Waals surface area contributed by atoms with Gasteiger partial charge in [-0.2, -0.15) is 0 Å². The summed E-state index contributed by atoms with van der Waals surface area (Å²) in [4.78, 5) is 23.6. The van der Waals surface area contributed by atoms with E-state index < -0.39 is 0 Å². The van der Waals surface area contributed by atoms with Gasteiger partial charge in [0, 0.05) is 24.2 Å². The quantitative estimate of drug-likeness (QED) is 0.857. The van der Waals surface area contributed by atoms with Crippen molar-refractivity contribution in [3.05, 3.63) is 29.3 Å². The Morgan fingerprint density at radius 2 is 2.11 bits per heavy atom. The van der Waals surface area contributed by atoms with Crippen LogP contribution in [0.5, 0.6) is 0 Å². The molecular weight excluding hydrogens is 240 g/mol. The fraction of sp³-hybridized carbons (Fsp3) is 0.467. The number of carbonyl (C=O) groups is 2. The highest BCUT2D eigenvalue weighted by Gasteiger charge is 2.19. The molecule has 4 nitrogen and oxygen atoms in total. The minimum absolute atomic E-state index is 0.0244. The van der Waals surface area contributed by atoms with E-state index in [2.05, 4.69) is 10.6 Å². The molecule has 0 fully saturated rings. The largest absolute Gasteiger partial charge is 0.352 e. The first-order valence-electron chi connectivity index (χ1n) is 6.56. The standard InChI is InChI=1S/C15H20N2O2/c1-15(2,3)9-13(18)17-11-5-4-10-6-7-16-14(19)12(10)8-11/h4-5,8H,6-7,9H2,1-3H3,(H,16,19)(H,17,18). The molecule has 0 radical (unpaired) electrons. The van der Waals surface area contributed by atoms with Crippen LogP contribution in [0, 0.1) is 5.41 Å². The van der Waals surface area contributed by atoms with Crippen LogP contribution in [0.25, 0.3) is 0 Å². The van der Waals surface area contributed by atoms with Crippen molar-refractivity contribution in [2.45, 2.75) is 33.6 Å². The normalized spacial score (nSPS) is 14.6. The second-order valence-corrected chi connectivity index (χ2v) is 6.16. The molecule has 1 aromatic carbocycles. The Bertz CT molecular complexity index is 515. The Morgan fingerprint density at radius 3 is 2.79 bits per heavy atom. The SMILES string of the molecule is CC(C)(C)CC(=O)Nc1ccc2c(c1)C(=O)NCC2. The number of fused-ring (bicyclic) bond motifs is 1. The molecule has 2 rings (SSSR count). The molecule has 1 aromatic rings. The number of hydrogen-bond donors (Lipinski definition) is 2. The molecule has 0 unspecified atom stereocenters. The lowest BCUT2D eigenvalue weighted by Crippen LogP contribution is -2.31. The maximum Gasteiger partial charge on any atom is 0.251 e. The third kappa shape index (κ3) is 3.56. The van der Waals surface area contributed by atoms with Crippen molar-refractivity contribution in [1.82, 2.24) is 5.32 Å². The molecule has 0 spiro atoms. The number of anilines is 1. The average molecular weight is 260 g/mol. The van der Waals surface area contributed by atoms with Crippen molar-refractivity contribution < 1.29 is 9.59 Å². The van der Waals surface area contributed by atoms with E-state index in [9.17, 15) is 9.59 Å². The number of hydrogen-bond acceptors (Lipinski definition) is 2. The predicted molar refractivity (Wildman–Crippen MR) is 75.2 cm³/mol. The number of benzene rings is 1. The minimum atomic E-state index is -0.0619. The maximum absolute atomic E-state index is 11.9. The van der Waals surface area contributed by atoms with E-state index in [0.717, 1.165) is 12.0 Å². The van der Waals surface area contributed by atoms with Crippen LogP contribution in [-0.4, -0.2) is 18.4 Å². The average Bonchev–Trinajstić information content (AvgIpc) is 2.27. The Hall–Kier alpha value is -1.84. The van der Waals surface area contributed by atoms with Gasteiger partial charge >= 0.3 is 0 Å². The van der Waals surface area contributed by atoms with E-state index in [1.165, 1.54) is 0 Å². The van der Waals surface area contributed by atoms with E-state index in [1.54, 1.807) is 6.07 Å². The van der Waals surface area contributed by atoms with Gasteiger partial charge < -0.3 is 10.6 Å². The molecule has 0 atom stereocenters. The van der Waals surface area contributed by atoms with Crippen LogP contribution in [-0.2, 0) is 11.2 Å². The van der Waals surface area contributed by atoms with Gasteiger partial charge in [0.2, 0.25) is 5.91 Å². The highest BCUT2D eigenvalue weighted by Crippen LogP contribution is 2.22. The molecule has 0 saturated carbocycles. The van der Waals surface area contributed by atoms with Crippen molar-refractivity contribution in [1.29, 1.82) is 0 Å². The van der Waals surface area contributed by atoms with Gasteiger partial charge in [0.15, 0.2) is 0 Å². The zero-order valence-electron chi connectivity index (χ0n) is 11.7. The van der Waals surface area contributed by atoms with Gasteiger partial charge in [-0.25, -0.2) is 0 Å². The monoisotopic (exact) mass is 260 g/mol. The van der Waals surface area contributed by atoms with Gasteiger partial charge in [0.1, 0.15) is 0 Å². The van der Waals surface area contributed by atoms with Crippen LogP contribution in [0.3, 0.4) is 0 Å². The van der Waals surface area contributed by atoms with Crippen LogP contribution >= 0.6 is 0 Å². The third-order valence-corrected chi connectivity index (χ3v) is 3.01. The summed E-state index contributed by atoms with van der Waals surface area (Å²) < 4.78 is 0. The minimum Gasteiger partial charge on any atom is -0.352 e. The summed E-state index contributed by atoms with van der Waals surface area (Å²) in [5, 5.41) is 5.66. The van der Waals surface area contributed by atoms with E-state index in [0.29, 0.717) is 24.2 Å². The first-order chi connectivity index (χ1) is 8.85.